The molecule has 3 aliphatic carbocycles. The maximum absolute atomic E-state index is 16.8. The Morgan fingerprint density at radius 3 is 1.44 bits per heavy atom. The fourth-order valence-electron chi connectivity index (χ4n) is 12.8. The maximum atomic E-state index is 16.8. The van der Waals surface area contributed by atoms with Crippen LogP contribution in [0.25, 0.3) is 67.2 Å². The molecule has 446 valence electrons. The van der Waals surface area contributed by atoms with Gasteiger partial charge < -0.3 is 45.2 Å². The molecule has 1 unspecified atom stereocenters. The Morgan fingerprint density at radius 2 is 0.966 bits per heavy atom. The van der Waals surface area contributed by atoms with E-state index in [-0.39, 0.29) is 45.9 Å². The summed E-state index contributed by atoms with van der Waals surface area (Å²) in [6.45, 7) is 4.35. The number of phenols is 1. The number of halogens is 3. The van der Waals surface area contributed by atoms with Gasteiger partial charge in [-0.15, -0.1) is 30.6 Å². The lowest BCUT2D eigenvalue weighted by atomic mass is 9.92. The van der Waals surface area contributed by atoms with Crippen LogP contribution in [0.3, 0.4) is 0 Å². The zero-order chi connectivity index (χ0) is 58.6. The number of ether oxygens (including phenoxy) is 2. The summed E-state index contributed by atoms with van der Waals surface area (Å²) in [7, 11) is 0. The fourth-order valence-corrected chi connectivity index (χ4v) is 12.8. The molecule has 6 aromatic heterocycles. The number of nitrogens with zero attached hydrogens (tertiary/aromatic N) is 12. The molecule has 7 N–H and O–H groups in total. The van der Waals surface area contributed by atoms with Crippen LogP contribution in [0.1, 0.15) is 70.6 Å². The fraction of sp³-hybridized carbons (Fsp3) is 0.381. The van der Waals surface area contributed by atoms with E-state index < -0.39 is 17.8 Å². The van der Waals surface area contributed by atoms with Gasteiger partial charge in [-0.25, -0.2) is 13.2 Å². The molecule has 3 atom stereocenters. The highest BCUT2D eigenvalue weighted by Gasteiger charge is 2.52. The average molecular weight is 1180 g/mol. The Morgan fingerprint density at radius 1 is 0.494 bits per heavy atom. The minimum Gasteiger partial charge on any atom is -0.507 e. The average Bonchev–Trinajstić information content (AvgIpc) is 1.62. The van der Waals surface area contributed by atoms with Crippen LogP contribution in [-0.4, -0.2) is 148 Å². The summed E-state index contributed by atoms with van der Waals surface area (Å²) >= 11 is 0. The first-order valence-electron chi connectivity index (χ1n) is 30.2. The first-order chi connectivity index (χ1) is 42.6. The number of aromatic hydroxyl groups is 1. The van der Waals surface area contributed by atoms with Crippen LogP contribution in [0.4, 0.5) is 30.6 Å². The molecule has 21 nitrogen and oxygen atoms in total. The van der Waals surface area contributed by atoms with Gasteiger partial charge in [-0.2, -0.15) is 15.3 Å². The Kier molecular flexibility index (Phi) is 14.5. The van der Waals surface area contributed by atoms with Gasteiger partial charge in [-0.05, 0) is 142 Å². The van der Waals surface area contributed by atoms with Crippen LogP contribution in [0, 0.1) is 5.82 Å². The molecule has 3 saturated heterocycles. The number of hydrogen-bond acceptors (Lipinski definition) is 18. The van der Waals surface area contributed by atoms with Crippen molar-refractivity contribution in [2.45, 2.75) is 113 Å². The Labute approximate surface area is 498 Å². The van der Waals surface area contributed by atoms with Gasteiger partial charge >= 0.3 is 0 Å². The topological polar surface area (TPSA) is 248 Å². The number of aromatic amines is 3. The summed E-state index contributed by atoms with van der Waals surface area (Å²) in [6.07, 6.45) is 18.4. The third-order valence-corrected chi connectivity index (χ3v) is 18.3. The molecule has 3 aromatic carbocycles. The first-order valence-corrected chi connectivity index (χ1v) is 30.2. The summed E-state index contributed by atoms with van der Waals surface area (Å²) < 4.78 is 59.2. The number of rotatable bonds is 20. The van der Waals surface area contributed by atoms with Crippen molar-refractivity contribution in [3.63, 3.8) is 0 Å². The van der Waals surface area contributed by atoms with Gasteiger partial charge in [0.15, 0.2) is 17.5 Å². The smallest absolute Gasteiger partial charge is 0.256 e. The molecule has 3 aliphatic heterocycles. The Balaban J connectivity index is 0.838. The van der Waals surface area contributed by atoms with Crippen LogP contribution >= 0.6 is 0 Å². The summed E-state index contributed by atoms with van der Waals surface area (Å²) in [6, 6.07) is 23.0. The van der Waals surface area contributed by atoms with Crippen molar-refractivity contribution >= 4 is 17.5 Å². The number of alkyl halides is 2. The van der Waals surface area contributed by atoms with Gasteiger partial charge in [0.2, 0.25) is 0 Å². The summed E-state index contributed by atoms with van der Waals surface area (Å²) in [5.74, 6) is 2.22. The van der Waals surface area contributed by atoms with Crippen molar-refractivity contribution < 1.29 is 27.8 Å². The van der Waals surface area contributed by atoms with Gasteiger partial charge in [-0.1, -0.05) is 12.8 Å². The number of anilines is 3. The van der Waals surface area contributed by atoms with E-state index in [0.29, 0.717) is 124 Å². The molecule has 9 heterocycles. The highest BCUT2D eigenvalue weighted by molar-refractivity contribution is 5.85. The molecule has 0 spiro atoms. The number of nitrogens with one attached hydrogen (secondary N) is 6. The molecule has 3 saturated carbocycles. The van der Waals surface area contributed by atoms with Crippen molar-refractivity contribution in [2.75, 3.05) is 54.0 Å². The van der Waals surface area contributed by atoms with E-state index in [2.05, 4.69) is 66.5 Å². The van der Waals surface area contributed by atoms with Crippen LogP contribution in [0.5, 0.6) is 28.7 Å². The van der Waals surface area contributed by atoms with E-state index in [1.54, 1.807) is 61.4 Å². The molecule has 9 aromatic rings. The van der Waals surface area contributed by atoms with E-state index in [0.717, 1.165) is 44.8 Å². The number of phenolic OH excluding ortho intramolecular Hbond substituents is 1. The highest BCUT2D eigenvalue weighted by atomic mass is 19.3. The van der Waals surface area contributed by atoms with E-state index in [9.17, 15) is 13.9 Å². The monoisotopic (exact) mass is 1180 g/mol. The highest BCUT2D eigenvalue weighted by Crippen LogP contribution is 2.50. The zero-order valence-corrected chi connectivity index (χ0v) is 47.6. The third kappa shape index (κ3) is 11.2. The molecule has 0 radical (unpaired) electrons. The van der Waals surface area contributed by atoms with Gasteiger partial charge in [0, 0.05) is 116 Å². The molecule has 6 fully saturated rings. The predicted molar refractivity (Wildman–Crippen MR) is 321 cm³/mol. The first kappa shape index (κ1) is 54.6. The second kappa shape index (κ2) is 23.0. The lowest BCUT2D eigenvalue weighted by Gasteiger charge is -2.29. The summed E-state index contributed by atoms with van der Waals surface area (Å²) in [5, 5.41) is 73.0. The Hall–Kier alpha value is -9.00. The van der Waals surface area contributed by atoms with Crippen LogP contribution < -0.4 is 40.1 Å². The molecular weight excluding hydrogens is 1110 g/mol. The van der Waals surface area contributed by atoms with Crippen molar-refractivity contribution in [1.82, 2.24) is 77.1 Å². The molecule has 15 rings (SSSR count). The third-order valence-electron chi connectivity index (χ3n) is 18.3. The summed E-state index contributed by atoms with van der Waals surface area (Å²) in [5.41, 5.74) is 4.12. The number of benzene rings is 3. The minimum atomic E-state index is -2.43. The molecule has 0 bridgehead atoms. The van der Waals surface area contributed by atoms with Crippen LogP contribution in [-0.2, 0) is 0 Å². The van der Waals surface area contributed by atoms with E-state index in [1.807, 2.05) is 47.4 Å². The van der Waals surface area contributed by atoms with Gasteiger partial charge in [0.25, 0.3) is 6.43 Å². The van der Waals surface area contributed by atoms with Crippen molar-refractivity contribution in [3.8, 4) is 95.9 Å². The SMILES string of the molecule is Oc1cc(-c2cn[nH]c2)cc(Oc2cc(-c3cn[nH]c3)cc(Oc3cc(-c4cn[nH]c4)c(F)cc3-c3ccc(N4CC[C@@H](NC5CCC5)C4)nn3)c2-c2ccc(N3CC[C@H](NC4CCC4)C3)nn2)c1-c1ccc(N2CCC(NC3(C(F)F)CC3)C2)nn1. The maximum Gasteiger partial charge on any atom is 0.256 e. The van der Waals surface area contributed by atoms with Gasteiger partial charge in [0.05, 0.1) is 41.0 Å². The molecular formula is C63H65F3N18O3. The largest absolute Gasteiger partial charge is 0.507 e. The number of hydrogen-bond donors (Lipinski definition) is 7. The van der Waals surface area contributed by atoms with Crippen LogP contribution in [0.15, 0.2) is 110 Å². The second-order valence-electron chi connectivity index (χ2n) is 24.0. The minimum absolute atomic E-state index is 0.129. The standard InChI is InChI=1S/C63H65F3N18O3/c64-48-25-47(49-7-10-57(79-76-49)82-18-13-43(33-82)73-41-3-1-4-41)53(26-46(48)40-31-71-72-32-40)86-55-23-37(39-29-69-70-30-39)24-56(61(55)51-9-12-58(81-78-51)83-19-14-44(34-83)74-42-5-2-6-42)87-54-22-36(38-27-67-68-28-38)21-52(85)60(54)50-8-11-59(80-77-50)84-20-15-45(35-84)75-63(16-17-63)62(65)66/h7-12,21-32,41-45,62,73-75,85H,1-6,13-20,33-35H2,(H,67,68)(H,69,70)(H,71,72)/t43-,44+,45?/m1/s1. The molecule has 87 heavy (non-hydrogen) atoms. The van der Waals surface area contributed by atoms with E-state index in [4.69, 9.17) is 29.9 Å². The summed E-state index contributed by atoms with van der Waals surface area (Å²) in [4.78, 5) is 6.49. The van der Waals surface area contributed by atoms with Crippen LogP contribution in [0.2, 0.25) is 0 Å². The molecule has 6 aliphatic rings. The van der Waals surface area contributed by atoms with Gasteiger partial charge in [0.1, 0.15) is 46.0 Å². The van der Waals surface area contributed by atoms with Crippen molar-refractivity contribution in [3.05, 3.63) is 116 Å². The lowest BCUT2D eigenvalue weighted by molar-refractivity contribution is 0.0802. The predicted octanol–water partition coefficient (Wildman–Crippen LogP) is 10.1. The normalized spacial score (nSPS) is 20.1. The van der Waals surface area contributed by atoms with E-state index >= 15 is 4.39 Å². The lowest BCUT2D eigenvalue weighted by Crippen LogP contribution is -2.46. The molecule has 0 amide bonds. The quantitative estimate of drug-likeness (QED) is 0.0375. The number of aromatic nitrogens is 12. The Bertz CT molecular complexity index is 3870. The van der Waals surface area contributed by atoms with Gasteiger partial charge in [-0.3, -0.25) is 15.3 Å². The van der Waals surface area contributed by atoms with Crippen molar-refractivity contribution in [1.29, 1.82) is 0 Å². The number of H-pyrrole nitrogens is 3. The zero-order valence-electron chi connectivity index (χ0n) is 47.6. The second-order valence-corrected chi connectivity index (χ2v) is 24.0. The molecule has 24 heteroatoms. The van der Waals surface area contributed by atoms with E-state index in [1.165, 1.54) is 44.6 Å². The van der Waals surface area contributed by atoms with Crippen molar-refractivity contribution in [2.24, 2.45) is 0 Å².